The van der Waals surface area contributed by atoms with E-state index in [4.69, 9.17) is 4.74 Å². The largest absolute Gasteiger partial charge is 0.488 e. The second kappa shape index (κ2) is 10.5. The molecule has 0 spiro atoms. The lowest BCUT2D eigenvalue weighted by atomic mass is 9.95. The zero-order valence-corrected chi connectivity index (χ0v) is 19.8. The van der Waals surface area contributed by atoms with Gasteiger partial charge in [0.2, 0.25) is 0 Å². The summed E-state index contributed by atoms with van der Waals surface area (Å²) in [5.74, 6) is 0.564. The van der Waals surface area contributed by atoms with Gasteiger partial charge in [0.15, 0.2) is 15.5 Å². The Hall–Kier alpha value is -2.04. The van der Waals surface area contributed by atoms with Crippen LogP contribution in [0.1, 0.15) is 43.5 Å². The minimum atomic E-state index is -3.21. The van der Waals surface area contributed by atoms with Gasteiger partial charge in [0, 0.05) is 25.3 Å². The van der Waals surface area contributed by atoms with Gasteiger partial charge in [-0.3, -0.25) is 4.79 Å². The predicted octanol–water partition coefficient (Wildman–Crippen LogP) is 3.63. The fourth-order valence-corrected chi connectivity index (χ4v) is 4.29. The predicted molar refractivity (Wildman–Crippen MR) is 118 cm³/mol. The summed E-state index contributed by atoms with van der Waals surface area (Å²) in [6, 6.07) is 6.24. The lowest BCUT2D eigenvalue weighted by molar-refractivity contribution is -0.138. The van der Waals surface area contributed by atoms with Crippen molar-refractivity contribution in [3.8, 4) is 5.75 Å². The molecule has 0 saturated carbocycles. The van der Waals surface area contributed by atoms with Crippen LogP contribution in [0.2, 0.25) is 0 Å². The zero-order chi connectivity index (χ0) is 23.1. The molecule has 1 N–H and O–H groups in total. The molecule has 1 saturated heterocycles. The minimum Gasteiger partial charge on any atom is -0.488 e. The molecule has 1 aliphatic rings. The Bertz CT molecular complexity index is 947. The number of alkyl halides is 1. The van der Waals surface area contributed by atoms with Gasteiger partial charge in [-0.25, -0.2) is 17.8 Å². The second-order valence-electron chi connectivity index (χ2n) is 8.21. The van der Waals surface area contributed by atoms with Crippen LogP contribution < -0.4 is 10.1 Å². The number of nitrogens with zero attached hydrogens (tertiary/aromatic N) is 1. The average molecular weight is 473 g/mol. The van der Waals surface area contributed by atoms with Crippen molar-refractivity contribution in [2.45, 2.75) is 56.4 Å². The first-order valence-electron chi connectivity index (χ1n) is 9.82. The van der Waals surface area contributed by atoms with Crippen LogP contribution in [0.15, 0.2) is 35.4 Å². The number of rotatable bonds is 6. The molecule has 10 heteroatoms. The summed E-state index contributed by atoms with van der Waals surface area (Å²) in [4.78, 5) is 14.9. The van der Waals surface area contributed by atoms with Gasteiger partial charge in [0.1, 0.15) is 23.0 Å². The number of carbonyl (C=O) groups excluding carboxylic acids is 1. The van der Waals surface area contributed by atoms with Crippen molar-refractivity contribution in [1.82, 2.24) is 10.3 Å². The number of benzene rings is 1. The van der Waals surface area contributed by atoms with E-state index in [0.29, 0.717) is 43.2 Å². The molecule has 2 aromatic rings. The van der Waals surface area contributed by atoms with Crippen molar-refractivity contribution in [2.75, 3.05) is 19.3 Å². The van der Waals surface area contributed by atoms with E-state index in [-0.39, 0.29) is 17.1 Å². The first-order chi connectivity index (χ1) is 14.4. The molecule has 0 bridgehead atoms. The number of hydrogen-bond acceptors (Lipinski definition) is 8. The third-order valence-corrected chi connectivity index (χ3v) is 6.65. The molecule has 0 amide bonds. The van der Waals surface area contributed by atoms with Gasteiger partial charge in [-0.15, -0.1) is 11.3 Å². The van der Waals surface area contributed by atoms with Gasteiger partial charge in [0.25, 0.3) is 6.47 Å². The molecule has 31 heavy (non-hydrogen) atoms. The summed E-state index contributed by atoms with van der Waals surface area (Å²) < 4.78 is 47.9. The van der Waals surface area contributed by atoms with Crippen molar-refractivity contribution < 1.29 is 27.1 Å². The summed E-state index contributed by atoms with van der Waals surface area (Å²) in [6.07, 6.45) is 3.69. The first kappa shape index (κ1) is 25.2. The van der Waals surface area contributed by atoms with Gasteiger partial charge in [-0.2, -0.15) is 0 Å². The van der Waals surface area contributed by atoms with E-state index in [2.05, 4.69) is 15.0 Å². The van der Waals surface area contributed by atoms with E-state index < -0.39 is 15.5 Å². The van der Waals surface area contributed by atoms with E-state index in [0.717, 1.165) is 11.1 Å². The number of thiazole rings is 1. The Morgan fingerprint density at radius 2 is 1.84 bits per heavy atom. The SMILES string of the molecule is CC(C)(C)OC=O.CS(=O)(=O)c1ccc(OCc2cnc(C3(F)CCNCC3)s2)cc1. The summed E-state index contributed by atoms with van der Waals surface area (Å²) in [5.41, 5.74) is -1.66. The average Bonchev–Trinajstić information content (AvgIpc) is 3.16. The number of aromatic nitrogens is 1. The minimum absolute atomic E-state index is 0.250. The van der Waals surface area contributed by atoms with Crippen LogP contribution in [0.4, 0.5) is 4.39 Å². The van der Waals surface area contributed by atoms with Crippen molar-refractivity contribution >= 4 is 27.6 Å². The van der Waals surface area contributed by atoms with Crippen molar-refractivity contribution in [1.29, 1.82) is 0 Å². The van der Waals surface area contributed by atoms with E-state index in [1.165, 1.54) is 23.5 Å². The Labute approximate surface area is 186 Å². The first-order valence-corrected chi connectivity index (χ1v) is 12.5. The van der Waals surface area contributed by atoms with E-state index in [9.17, 15) is 17.6 Å². The molecule has 0 atom stereocenters. The van der Waals surface area contributed by atoms with Crippen LogP contribution in [0.5, 0.6) is 5.75 Å². The Balaban J connectivity index is 0.000000423. The monoisotopic (exact) mass is 472 g/mol. The third-order valence-electron chi connectivity index (χ3n) is 4.37. The highest BCUT2D eigenvalue weighted by Crippen LogP contribution is 2.37. The molecule has 0 unspecified atom stereocenters. The number of sulfone groups is 1. The summed E-state index contributed by atoms with van der Waals surface area (Å²) >= 11 is 1.33. The summed E-state index contributed by atoms with van der Waals surface area (Å²) in [5, 5.41) is 3.66. The van der Waals surface area contributed by atoms with Crippen LogP contribution >= 0.6 is 11.3 Å². The van der Waals surface area contributed by atoms with Crippen LogP contribution in [0, 0.1) is 0 Å². The molecule has 0 radical (unpaired) electrons. The van der Waals surface area contributed by atoms with Gasteiger partial charge in [0.05, 0.1) is 9.77 Å². The molecule has 172 valence electrons. The number of hydrogen-bond donors (Lipinski definition) is 1. The van der Waals surface area contributed by atoms with Crippen molar-refractivity contribution in [3.05, 3.63) is 40.3 Å². The summed E-state index contributed by atoms with van der Waals surface area (Å²) in [6.45, 7) is 7.53. The molecule has 1 aliphatic heterocycles. The van der Waals surface area contributed by atoms with Crippen LogP contribution in [0.3, 0.4) is 0 Å². The van der Waals surface area contributed by atoms with Gasteiger partial charge >= 0.3 is 0 Å². The molecule has 1 aromatic heterocycles. The van der Waals surface area contributed by atoms with Gasteiger partial charge in [-0.1, -0.05) is 0 Å². The highest BCUT2D eigenvalue weighted by atomic mass is 32.2. The molecule has 1 fully saturated rings. The lowest BCUT2D eigenvalue weighted by Crippen LogP contribution is -2.36. The molecule has 3 rings (SSSR count). The maximum absolute atomic E-state index is 14.8. The van der Waals surface area contributed by atoms with E-state index in [1.807, 2.05) is 20.8 Å². The maximum Gasteiger partial charge on any atom is 0.293 e. The van der Waals surface area contributed by atoms with Gasteiger partial charge in [-0.05, 0) is 58.1 Å². The number of nitrogens with one attached hydrogen (secondary N) is 1. The van der Waals surface area contributed by atoms with Crippen molar-refractivity contribution in [2.24, 2.45) is 0 Å². The normalized spacial score (nSPS) is 16.0. The highest BCUT2D eigenvalue weighted by molar-refractivity contribution is 7.90. The molecule has 0 aliphatic carbocycles. The Morgan fingerprint density at radius 1 is 1.23 bits per heavy atom. The molecular weight excluding hydrogens is 443 g/mol. The van der Waals surface area contributed by atoms with Crippen LogP contribution in [-0.2, 0) is 31.6 Å². The van der Waals surface area contributed by atoms with Crippen molar-refractivity contribution in [3.63, 3.8) is 0 Å². The molecule has 2 heterocycles. The van der Waals surface area contributed by atoms with Crippen LogP contribution in [0.25, 0.3) is 0 Å². The highest BCUT2D eigenvalue weighted by Gasteiger charge is 2.36. The summed E-state index contributed by atoms with van der Waals surface area (Å²) in [7, 11) is -3.21. The van der Waals surface area contributed by atoms with Crippen LogP contribution in [-0.4, -0.2) is 44.8 Å². The number of carbonyl (C=O) groups is 1. The van der Waals surface area contributed by atoms with Gasteiger partial charge < -0.3 is 14.8 Å². The van der Waals surface area contributed by atoms with E-state index in [1.54, 1.807) is 18.3 Å². The molecule has 1 aromatic carbocycles. The Kier molecular flexibility index (Phi) is 8.56. The number of halogens is 1. The second-order valence-corrected chi connectivity index (χ2v) is 11.3. The standard InChI is InChI=1S/C16H19FN2O3S2.C5H10O2/c1-24(20,21)14-4-2-12(3-5-14)22-11-13-10-19-15(23-13)16(17)6-8-18-9-7-16;1-5(2,3)7-4-6/h2-5,10,18H,6-9,11H2,1H3;4H,1-3H3. The third kappa shape index (κ3) is 8.19. The molecular formula is C21H29FN2O5S2. The smallest absolute Gasteiger partial charge is 0.293 e. The Morgan fingerprint density at radius 3 is 2.32 bits per heavy atom. The fourth-order valence-electron chi connectivity index (χ4n) is 2.70. The topological polar surface area (TPSA) is 94.6 Å². The lowest BCUT2D eigenvalue weighted by Gasteiger charge is -2.27. The fraction of sp³-hybridized carbons (Fsp3) is 0.524. The number of piperidine rings is 1. The number of ether oxygens (including phenoxy) is 2. The maximum atomic E-state index is 14.8. The van der Waals surface area contributed by atoms with E-state index >= 15 is 0 Å². The quantitative estimate of drug-likeness (QED) is 0.642. The molecule has 7 nitrogen and oxygen atoms in total. The zero-order valence-electron chi connectivity index (χ0n) is 18.2.